The van der Waals surface area contributed by atoms with Crippen LogP contribution in [0.4, 0.5) is 0 Å². The molecule has 1 aliphatic heterocycles. The van der Waals surface area contributed by atoms with Crippen LogP contribution in [0, 0.1) is 0 Å². The molecule has 0 bridgehead atoms. The van der Waals surface area contributed by atoms with Crippen molar-refractivity contribution < 1.29 is 14.3 Å². The SMILES string of the molecule is COC(=O)C=Cc1ccc2[nH]cc3c2c1OCC(N(C)C)C3. The molecule has 1 aliphatic rings. The van der Waals surface area contributed by atoms with Gasteiger partial charge in [-0.05, 0) is 44.3 Å². The van der Waals surface area contributed by atoms with Crippen LogP contribution in [0.3, 0.4) is 0 Å². The minimum atomic E-state index is -0.374. The van der Waals surface area contributed by atoms with Gasteiger partial charge in [-0.3, -0.25) is 0 Å². The molecule has 1 aromatic heterocycles. The molecule has 0 amide bonds. The summed E-state index contributed by atoms with van der Waals surface area (Å²) < 4.78 is 10.7. The van der Waals surface area contributed by atoms with Crippen molar-refractivity contribution in [3.05, 3.63) is 35.5 Å². The van der Waals surface area contributed by atoms with E-state index in [2.05, 4.69) is 28.7 Å². The van der Waals surface area contributed by atoms with Gasteiger partial charge in [0.05, 0.1) is 7.11 Å². The number of hydrogen-bond donors (Lipinski definition) is 1. The molecule has 2 aromatic rings. The number of aromatic amines is 1. The number of carbonyl (C=O) groups excluding carboxylic acids is 1. The summed E-state index contributed by atoms with van der Waals surface area (Å²) in [6, 6.07) is 4.29. The Labute approximate surface area is 129 Å². The molecule has 0 aliphatic carbocycles. The summed E-state index contributed by atoms with van der Waals surface area (Å²) in [5, 5.41) is 1.11. The lowest BCUT2D eigenvalue weighted by atomic mass is 10.0. The molecule has 0 saturated heterocycles. The Kier molecular flexibility index (Phi) is 3.90. The van der Waals surface area contributed by atoms with Crippen LogP contribution < -0.4 is 4.74 Å². The summed E-state index contributed by atoms with van der Waals surface area (Å²) in [5.41, 5.74) is 3.19. The van der Waals surface area contributed by atoms with Gasteiger partial charge in [0, 0.05) is 34.8 Å². The molecule has 5 heteroatoms. The molecular formula is C17H20N2O3. The van der Waals surface area contributed by atoms with Crippen LogP contribution in [0.15, 0.2) is 24.4 Å². The van der Waals surface area contributed by atoms with Crippen molar-refractivity contribution in [2.75, 3.05) is 27.8 Å². The third-order valence-electron chi connectivity index (χ3n) is 4.12. The lowest BCUT2D eigenvalue weighted by Gasteiger charge is -2.22. The molecule has 1 aromatic carbocycles. The number of H-pyrrole nitrogens is 1. The van der Waals surface area contributed by atoms with E-state index >= 15 is 0 Å². The van der Waals surface area contributed by atoms with Crippen LogP contribution in [0.1, 0.15) is 11.1 Å². The predicted octanol–water partition coefficient (Wildman–Crippen LogP) is 2.22. The zero-order valence-corrected chi connectivity index (χ0v) is 13.1. The van der Waals surface area contributed by atoms with Crippen molar-refractivity contribution >= 4 is 22.9 Å². The van der Waals surface area contributed by atoms with Gasteiger partial charge in [0.2, 0.25) is 0 Å². The van der Waals surface area contributed by atoms with Crippen LogP contribution >= 0.6 is 0 Å². The zero-order valence-electron chi connectivity index (χ0n) is 13.1. The number of carbonyl (C=O) groups is 1. The summed E-state index contributed by atoms with van der Waals surface area (Å²) >= 11 is 0. The lowest BCUT2D eigenvalue weighted by molar-refractivity contribution is -0.134. The van der Waals surface area contributed by atoms with Crippen molar-refractivity contribution in [2.24, 2.45) is 0 Å². The Morgan fingerprint density at radius 1 is 1.45 bits per heavy atom. The molecule has 22 heavy (non-hydrogen) atoms. The first kappa shape index (κ1) is 14.7. The average Bonchev–Trinajstić information content (AvgIpc) is 2.81. The Hall–Kier alpha value is -2.27. The normalized spacial score (nSPS) is 17.7. The molecular weight excluding hydrogens is 280 g/mol. The van der Waals surface area contributed by atoms with E-state index in [4.69, 9.17) is 4.74 Å². The number of benzene rings is 1. The van der Waals surface area contributed by atoms with E-state index in [0.29, 0.717) is 12.6 Å². The second-order valence-corrected chi connectivity index (χ2v) is 5.71. The summed E-state index contributed by atoms with van der Waals surface area (Å²) in [5.74, 6) is 0.458. The average molecular weight is 300 g/mol. The van der Waals surface area contributed by atoms with Gasteiger partial charge in [-0.15, -0.1) is 0 Å². The highest BCUT2D eigenvalue weighted by Crippen LogP contribution is 2.36. The lowest BCUT2D eigenvalue weighted by Crippen LogP contribution is -2.34. The standard InChI is InChI=1S/C17H20N2O3/c1-19(2)13-8-12-9-18-14-6-4-11(5-7-15(20)21-3)17(16(12)14)22-10-13/h4-7,9,13,18H,8,10H2,1-3H3. The second-order valence-electron chi connectivity index (χ2n) is 5.71. The van der Waals surface area contributed by atoms with Crippen molar-refractivity contribution in [2.45, 2.75) is 12.5 Å². The fourth-order valence-electron chi connectivity index (χ4n) is 2.77. The zero-order chi connectivity index (χ0) is 15.7. The van der Waals surface area contributed by atoms with Crippen LogP contribution in [0.2, 0.25) is 0 Å². The first-order valence-corrected chi connectivity index (χ1v) is 7.28. The Balaban J connectivity index is 2.06. The maximum Gasteiger partial charge on any atom is 0.330 e. The summed E-state index contributed by atoms with van der Waals surface area (Å²) in [7, 11) is 5.49. The van der Waals surface area contributed by atoms with E-state index in [1.807, 2.05) is 18.3 Å². The molecule has 0 saturated carbocycles. The first-order chi connectivity index (χ1) is 10.6. The number of aromatic nitrogens is 1. The summed E-state index contributed by atoms with van der Waals surface area (Å²) in [6.07, 6.45) is 6.15. The third kappa shape index (κ3) is 2.60. The fraction of sp³-hybridized carbons (Fsp3) is 0.353. The topological polar surface area (TPSA) is 54.6 Å². The Morgan fingerprint density at radius 3 is 3.00 bits per heavy atom. The van der Waals surface area contributed by atoms with E-state index < -0.39 is 0 Å². The van der Waals surface area contributed by atoms with Gasteiger partial charge in [-0.1, -0.05) is 0 Å². The van der Waals surface area contributed by atoms with Crippen LogP contribution in [-0.2, 0) is 16.0 Å². The summed E-state index contributed by atoms with van der Waals surface area (Å²) in [6.45, 7) is 0.625. The van der Waals surface area contributed by atoms with Crippen LogP contribution in [0.5, 0.6) is 5.75 Å². The number of nitrogens with one attached hydrogen (secondary N) is 1. The van der Waals surface area contributed by atoms with Gasteiger partial charge in [0.25, 0.3) is 0 Å². The van der Waals surface area contributed by atoms with Crippen molar-refractivity contribution in [1.82, 2.24) is 9.88 Å². The number of hydrogen-bond acceptors (Lipinski definition) is 4. The highest BCUT2D eigenvalue weighted by molar-refractivity contribution is 5.95. The molecule has 2 heterocycles. The largest absolute Gasteiger partial charge is 0.491 e. The maximum absolute atomic E-state index is 11.3. The molecule has 1 unspecified atom stereocenters. The molecule has 0 fully saturated rings. The number of methoxy groups -OCH3 is 1. The van der Waals surface area contributed by atoms with E-state index in [9.17, 15) is 4.79 Å². The number of nitrogens with zero attached hydrogens (tertiary/aromatic N) is 1. The Morgan fingerprint density at radius 2 is 2.27 bits per heavy atom. The smallest absolute Gasteiger partial charge is 0.330 e. The highest BCUT2D eigenvalue weighted by Gasteiger charge is 2.23. The third-order valence-corrected chi connectivity index (χ3v) is 4.12. The van der Waals surface area contributed by atoms with E-state index in [1.165, 1.54) is 18.7 Å². The Bertz CT molecular complexity index is 731. The quantitative estimate of drug-likeness (QED) is 0.697. The van der Waals surface area contributed by atoms with Crippen molar-refractivity contribution in [3.8, 4) is 5.75 Å². The van der Waals surface area contributed by atoms with Gasteiger partial charge in [-0.25, -0.2) is 4.79 Å². The van der Waals surface area contributed by atoms with Crippen molar-refractivity contribution in [1.29, 1.82) is 0 Å². The van der Waals surface area contributed by atoms with Crippen molar-refractivity contribution in [3.63, 3.8) is 0 Å². The van der Waals surface area contributed by atoms with Gasteiger partial charge in [0.15, 0.2) is 0 Å². The number of ether oxygens (including phenoxy) is 2. The van der Waals surface area contributed by atoms with Crippen LogP contribution in [0.25, 0.3) is 17.0 Å². The number of esters is 1. The highest BCUT2D eigenvalue weighted by atomic mass is 16.5. The van der Waals surface area contributed by atoms with Gasteiger partial charge in [0.1, 0.15) is 12.4 Å². The molecule has 0 spiro atoms. The molecule has 1 N–H and O–H groups in total. The van der Waals surface area contributed by atoms with E-state index in [0.717, 1.165) is 28.6 Å². The minimum absolute atomic E-state index is 0.323. The minimum Gasteiger partial charge on any atom is -0.491 e. The van der Waals surface area contributed by atoms with Crippen LogP contribution in [-0.4, -0.2) is 49.7 Å². The second kappa shape index (κ2) is 5.85. The fourth-order valence-corrected chi connectivity index (χ4v) is 2.77. The molecule has 0 radical (unpaired) electrons. The first-order valence-electron chi connectivity index (χ1n) is 7.28. The maximum atomic E-state index is 11.3. The van der Waals surface area contributed by atoms with Gasteiger partial charge < -0.3 is 19.4 Å². The summed E-state index contributed by atoms with van der Waals surface area (Å²) in [4.78, 5) is 16.8. The monoisotopic (exact) mass is 300 g/mol. The molecule has 5 nitrogen and oxygen atoms in total. The van der Waals surface area contributed by atoms with Gasteiger partial charge >= 0.3 is 5.97 Å². The number of likely N-dealkylation sites (N-methyl/N-ethyl adjacent to an activating group) is 1. The van der Waals surface area contributed by atoms with E-state index in [-0.39, 0.29) is 5.97 Å². The van der Waals surface area contributed by atoms with E-state index in [1.54, 1.807) is 6.08 Å². The predicted molar refractivity (Wildman–Crippen MR) is 86.0 cm³/mol. The number of rotatable bonds is 3. The molecule has 1 atom stereocenters. The molecule has 116 valence electrons. The van der Waals surface area contributed by atoms with Gasteiger partial charge in [-0.2, -0.15) is 0 Å². The molecule has 3 rings (SSSR count).